The Morgan fingerprint density at radius 3 is 2.65 bits per heavy atom. The van der Waals surface area contributed by atoms with Gasteiger partial charge in [0.15, 0.2) is 0 Å². The number of carbonyl (C=O) groups is 1. The van der Waals surface area contributed by atoms with E-state index in [1.807, 2.05) is 36.4 Å². The molecule has 0 bridgehead atoms. The third kappa shape index (κ3) is 3.24. The topological polar surface area (TPSA) is 57.7 Å². The van der Waals surface area contributed by atoms with E-state index in [9.17, 15) is 13.2 Å². The lowest BCUT2D eigenvalue weighted by Crippen LogP contribution is -2.55. The van der Waals surface area contributed by atoms with Crippen LogP contribution in [0.25, 0.3) is 0 Å². The molecule has 2 aliphatic heterocycles. The van der Waals surface area contributed by atoms with Gasteiger partial charge in [-0.3, -0.25) is 4.79 Å². The minimum Gasteiger partial charge on any atom is -0.333 e. The highest BCUT2D eigenvalue weighted by Crippen LogP contribution is 2.35. The van der Waals surface area contributed by atoms with Gasteiger partial charge in [-0.2, -0.15) is 4.31 Å². The van der Waals surface area contributed by atoms with E-state index in [-0.39, 0.29) is 30.8 Å². The smallest absolute Gasteiger partial charge is 0.238 e. The Bertz CT molecular complexity index is 947. The van der Waals surface area contributed by atoms with Crippen molar-refractivity contribution in [2.75, 3.05) is 19.6 Å². The maximum absolute atomic E-state index is 12.9. The predicted molar refractivity (Wildman–Crippen MR) is 100 cm³/mol. The normalized spacial score (nSPS) is 20.6. The Morgan fingerprint density at radius 2 is 1.88 bits per heavy atom. The number of sulfonamides is 1. The predicted octanol–water partition coefficient (Wildman–Crippen LogP) is 2.61. The first-order chi connectivity index (χ1) is 12.4. The van der Waals surface area contributed by atoms with Gasteiger partial charge in [0.1, 0.15) is 0 Å². The second-order valence-electron chi connectivity index (χ2n) is 6.73. The molecule has 0 aliphatic carbocycles. The van der Waals surface area contributed by atoms with Crippen LogP contribution in [0.5, 0.6) is 0 Å². The first-order valence-electron chi connectivity index (χ1n) is 8.53. The van der Waals surface area contributed by atoms with Crippen LogP contribution < -0.4 is 0 Å². The van der Waals surface area contributed by atoms with Crippen molar-refractivity contribution in [3.05, 3.63) is 70.2 Å². The first kappa shape index (κ1) is 17.5. The lowest BCUT2D eigenvalue weighted by molar-refractivity contribution is -0.138. The van der Waals surface area contributed by atoms with Gasteiger partial charge in [0, 0.05) is 18.1 Å². The Labute approximate surface area is 158 Å². The summed E-state index contributed by atoms with van der Waals surface area (Å²) in [6.07, 6.45) is 0.769. The monoisotopic (exact) mass is 390 g/mol. The van der Waals surface area contributed by atoms with E-state index in [2.05, 4.69) is 0 Å². The highest BCUT2D eigenvalue weighted by atomic mass is 35.5. The molecule has 2 aliphatic rings. The molecule has 0 aromatic heterocycles. The summed E-state index contributed by atoms with van der Waals surface area (Å²) in [5, 5.41) is 0.599. The standard InChI is InChI=1S/C19H19ClN2O3S/c20-16-7-6-15-8-9-22-18(17(15)10-16)11-21(12-19(22)23)26(24,25)13-14-4-2-1-3-5-14/h1-7,10,18H,8-9,11-13H2. The summed E-state index contributed by atoms with van der Waals surface area (Å²) in [4.78, 5) is 14.4. The summed E-state index contributed by atoms with van der Waals surface area (Å²) in [6.45, 7) is 0.792. The summed E-state index contributed by atoms with van der Waals surface area (Å²) < 4.78 is 27.1. The fourth-order valence-corrected chi connectivity index (χ4v) is 5.40. The number of amides is 1. The van der Waals surface area contributed by atoms with Gasteiger partial charge in [0.05, 0.1) is 18.3 Å². The summed E-state index contributed by atoms with van der Waals surface area (Å²) >= 11 is 6.14. The van der Waals surface area contributed by atoms with Crippen molar-refractivity contribution < 1.29 is 13.2 Å². The van der Waals surface area contributed by atoms with E-state index >= 15 is 0 Å². The van der Waals surface area contributed by atoms with Crippen molar-refractivity contribution in [1.82, 2.24) is 9.21 Å². The second-order valence-corrected chi connectivity index (χ2v) is 9.14. The molecule has 2 heterocycles. The summed E-state index contributed by atoms with van der Waals surface area (Å²) in [5.41, 5.74) is 2.80. The van der Waals surface area contributed by atoms with Crippen LogP contribution in [-0.2, 0) is 27.0 Å². The van der Waals surface area contributed by atoms with Gasteiger partial charge < -0.3 is 4.90 Å². The summed E-state index contributed by atoms with van der Waals surface area (Å²) in [7, 11) is -3.58. The van der Waals surface area contributed by atoms with Crippen molar-refractivity contribution in [1.29, 1.82) is 0 Å². The Hall–Kier alpha value is -1.89. The van der Waals surface area contributed by atoms with Crippen molar-refractivity contribution >= 4 is 27.5 Å². The van der Waals surface area contributed by atoms with Crippen LogP contribution in [0.3, 0.4) is 0 Å². The molecule has 1 atom stereocenters. The minimum atomic E-state index is -3.58. The number of carbonyl (C=O) groups excluding carboxylic acids is 1. The fourth-order valence-electron chi connectivity index (χ4n) is 3.75. The highest BCUT2D eigenvalue weighted by Gasteiger charge is 2.40. The molecule has 1 amide bonds. The average Bonchev–Trinajstić information content (AvgIpc) is 2.62. The number of halogens is 1. The molecule has 0 radical (unpaired) electrons. The maximum Gasteiger partial charge on any atom is 0.238 e. The Kier molecular flexibility index (Phi) is 4.50. The third-order valence-corrected chi connectivity index (χ3v) is 7.06. The molecule has 2 aromatic carbocycles. The second kappa shape index (κ2) is 6.68. The number of benzene rings is 2. The molecule has 4 rings (SSSR count). The van der Waals surface area contributed by atoms with Gasteiger partial charge in [-0.25, -0.2) is 8.42 Å². The zero-order chi connectivity index (χ0) is 18.3. The zero-order valence-electron chi connectivity index (χ0n) is 14.1. The number of hydrogen-bond donors (Lipinski definition) is 0. The first-order valence-corrected chi connectivity index (χ1v) is 10.5. The van der Waals surface area contributed by atoms with Gasteiger partial charge >= 0.3 is 0 Å². The molecule has 136 valence electrons. The highest BCUT2D eigenvalue weighted by molar-refractivity contribution is 7.88. The van der Waals surface area contributed by atoms with Crippen molar-refractivity contribution in [3.8, 4) is 0 Å². The number of hydrogen-bond acceptors (Lipinski definition) is 3. The molecular weight excluding hydrogens is 372 g/mol. The van der Waals surface area contributed by atoms with Crippen LogP contribution in [0, 0.1) is 0 Å². The molecule has 1 fully saturated rings. The van der Waals surface area contributed by atoms with Crippen LogP contribution in [0.1, 0.15) is 22.7 Å². The van der Waals surface area contributed by atoms with Crippen LogP contribution in [-0.4, -0.2) is 43.2 Å². The molecule has 1 unspecified atom stereocenters. The van der Waals surface area contributed by atoms with Gasteiger partial charge in [0.25, 0.3) is 0 Å². The van der Waals surface area contributed by atoms with Crippen LogP contribution in [0.4, 0.5) is 0 Å². The van der Waals surface area contributed by atoms with E-state index in [0.29, 0.717) is 11.6 Å². The number of piperazine rings is 1. The Morgan fingerprint density at radius 1 is 1.12 bits per heavy atom. The molecule has 0 spiro atoms. The molecule has 7 heteroatoms. The zero-order valence-corrected chi connectivity index (χ0v) is 15.7. The molecule has 26 heavy (non-hydrogen) atoms. The molecule has 1 saturated heterocycles. The largest absolute Gasteiger partial charge is 0.333 e. The van der Waals surface area contributed by atoms with E-state index < -0.39 is 10.0 Å². The van der Waals surface area contributed by atoms with E-state index in [1.165, 1.54) is 4.31 Å². The van der Waals surface area contributed by atoms with Crippen LogP contribution >= 0.6 is 11.6 Å². The van der Waals surface area contributed by atoms with Gasteiger partial charge in [0.2, 0.25) is 15.9 Å². The lowest BCUT2D eigenvalue weighted by atomic mass is 9.91. The maximum atomic E-state index is 12.9. The number of fused-ring (bicyclic) bond motifs is 3. The van der Waals surface area contributed by atoms with E-state index in [4.69, 9.17) is 11.6 Å². The molecule has 0 saturated carbocycles. The fraction of sp³-hybridized carbons (Fsp3) is 0.316. The quantitative estimate of drug-likeness (QED) is 0.809. The van der Waals surface area contributed by atoms with Crippen molar-refractivity contribution in [2.45, 2.75) is 18.2 Å². The van der Waals surface area contributed by atoms with Gasteiger partial charge in [-0.05, 0) is 35.2 Å². The minimum absolute atomic E-state index is 0.0957. The van der Waals surface area contributed by atoms with E-state index in [1.54, 1.807) is 17.0 Å². The summed E-state index contributed by atoms with van der Waals surface area (Å²) in [5.74, 6) is -0.250. The summed E-state index contributed by atoms with van der Waals surface area (Å²) in [6, 6.07) is 14.4. The van der Waals surface area contributed by atoms with Crippen molar-refractivity contribution in [3.63, 3.8) is 0 Å². The van der Waals surface area contributed by atoms with Gasteiger partial charge in [-0.15, -0.1) is 0 Å². The lowest BCUT2D eigenvalue weighted by Gasteiger charge is -2.44. The number of rotatable bonds is 3. The number of nitrogens with zero attached hydrogens (tertiary/aromatic N) is 2. The molecule has 5 nitrogen and oxygen atoms in total. The van der Waals surface area contributed by atoms with E-state index in [0.717, 1.165) is 23.1 Å². The average molecular weight is 391 g/mol. The van der Waals surface area contributed by atoms with Crippen LogP contribution in [0.2, 0.25) is 5.02 Å². The molecule has 0 N–H and O–H groups in total. The molecule has 2 aromatic rings. The van der Waals surface area contributed by atoms with Crippen molar-refractivity contribution in [2.24, 2.45) is 0 Å². The third-order valence-electron chi connectivity index (χ3n) is 5.06. The Balaban J connectivity index is 1.64. The van der Waals surface area contributed by atoms with Crippen LogP contribution in [0.15, 0.2) is 48.5 Å². The molecular formula is C19H19ClN2O3S. The van der Waals surface area contributed by atoms with Gasteiger partial charge in [-0.1, -0.05) is 48.0 Å². The SMILES string of the molecule is O=C1CN(S(=O)(=O)Cc2ccccc2)CC2c3cc(Cl)ccc3CCN12.